The molecule has 2 nitrogen and oxygen atoms in total. The lowest BCUT2D eigenvalue weighted by Gasteiger charge is -2.31. The van der Waals surface area contributed by atoms with E-state index in [0.29, 0.717) is 6.42 Å². The van der Waals surface area contributed by atoms with E-state index in [-0.39, 0.29) is 11.7 Å². The molecule has 0 unspecified atom stereocenters. The zero-order valence-corrected chi connectivity index (χ0v) is 13.5. The summed E-state index contributed by atoms with van der Waals surface area (Å²) in [4.78, 5) is 12.6. The molecular weight excluding hydrogens is 250 g/mol. The highest BCUT2D eigenvalue weighted by atomic mass is 28.3. The molecule has 0 N–H and O–H groups in total. The number of ketones is 1. The summed E-state index contributed by atoms with van der Waals surface area (Å²) in [6.45, 7) is 6.85. The predicted molar refractivity (Wildman–Crippen MR) is 80.3 cm³/mol. The lowest BCUT2D eigenvalue weighted by Crippen LogP contribution is -2.37. The summed E-state index contributed by atoms with van der Waals surface area (Å²) in [6, 6.07) is 2.47. The Labute approximate surface area is 117 Å². The molecule has 0 saturated heterocycles. The van der Waals surface area contributed by atoms with Crippen LogP contribution in [0.3, 0.4) is 0 Å². The first-order chi connectivity index (χ1) is 8.90. The number of rotatable bonds is 1. The van der Waals surface area contributed by atoms with E-state index in [4.69, 9.17) is 0 Å². The highest BCUT2D eigenvalue weighted by Crippen LogP contribution is 2.52. The number of hydrogen-bond donors (Lipinski definition) is 0. The number of carbonyl (C=O) groups excluding carboxylic acids is 1. The number of hydrogen-bond acceptors (Lipinski definition) is 2. The molecule has 0 heterocycles. The van der Waals surface area contributed by atoms with Gasteiger partial charge in [0.2, 0.25) is 0 Å². The number of carbonyl (C=O) groups is 1. The van der Waals surface area contributed by atoms with Crippen molar-refractivity contribution in [2.24, 2.45) is 11.3 Å². The van der Waals surface area contributed by atoms with Crippen LogP contribution in [0.15, 0.2) is 11.3 Å². The average molecular weight is 275 g/mol. The van der Waals surface area contributed by atoms with Gasteiger partial charge in [-0.1, -0.05) is 43.8 Å². The van der Waals surface area contributed by atoms with Crippen LogP contribution in [0.1, 0.15) is 44.9 Å². The monoisotopic (exact) mass is 275 g/mol. The molecule has 2 saturated carbocycles. The summed E-state index contributed by atoms with van der Waals surface area (Å²) in [5.41, 5.74) is 2.75. The van der Waals surface area contributed by atoms with E-state index in [1.165, 1.54) is 12.0 Å². The van der Waals surface area contributed by atoms with Crippen LogP contribution in [0.5, 0.6) is 0 Å². The lowest BCUT2D eigenvalue weighted by molar-refractivity contribution is -0.126. The van der Waals surface area contributed by atoms with E-state index >= 15 is 0 Å². The number of nitrogens with zero attached hydrogens (tertiary/aromatic N) is 1. The van der Waals surface area contributed by atoms with Crippen molar-refractivity contribution in [1.29, 1.82) is 5.26 Å². The largest absolute Gasteiger partial charge is 0.298 e. The van der Waals surface area contributed by atoms with Crippen molar-refractivity contribution in [3.05, 3.63) is 11.3 Å². The van der Waals surface area contributed by atoms with Gasteiger partial charge in [-0.3, -0.25) is 4.79 Å². The maximum absolute atomic E-state index is 12.6. The molecule has 2 rings (SSSR count). The smallest absolute Gasteiger partial charge is 0.157 e. The van der Waals surface area contributed by atoms with E-state index < -0.39 is 13.5 Å². The molecule has 0 aromatic carbocycles. The summed E-state index contributed by atoms with van der Waals surface area (Å²) in [5.74, 6) is 0.495. The Kier molecular flexibility index (Phi) is 4.01. The van der Waals surface area contributed by atoms with Crippen molar-refractivity contribution in [1.82, 2.24) is 0 Å². The molecule has 0 amide bonds. The zero-order chi connectivity index (χ0) is 14.1. The van der Waals surface area contributed by atoms with E-state index in [1.807, 2.05) is 0 Å². The first-order valence-corrected chi connectivity index (χ1v) is 11.1. The minimum atomic E-state index is -1.39. The Hall–Kier alpha value is -0.883. The molecule has 0 spiro atoms. The normalized spacial score (nSPS) is 34.5. The summed E-state index contributed by atoms with van der Waals surface area (Å²) >= 11 is 0. The van der Waals surface area contributed by atoms with E-state index in [0.717, 1.165) is 32.1 Å². The fourth-order valence-corrected chi connectivity index (χ4v) is 5.17. The van der Waals surface area contributed by atoms with Gasteiger partial charge < -0.3 is 0 Å². The first-order valence-electron chi connectivity index (χ1n) is 7.57. The molecule has 3 heteroatoms. The molecule has 104 valence electrons. The van der Waals surface area contributed by atoms with Gasteiger partial charge in [-0.25, -0.2) is 0 Å². The second kappa shape index (κ2) is 5.24. The van der Waals surface area contributed by atoms with Crippen LogP contribution in [-0.2, 0) is 4.79 Å². The Morgan fingerprint density at radius 2 is 1.95 bits per heavy atom. The Morgan fingerprint density at radius 1 is 1.21 bits per heavy atom. The van der Waals surface area contributed by atoms with Gasteiger partial charge >= 0.3 is 0 Å². The van der Waals surface area contributed by atoms with Crippen LogP contribution in [0, 0.1) is 22.7 Å². The molecule has 0 aliphatic heterocycles. The second-order valence-corrected chi connectivity index (χ2v) is 12.2. The standard InChI is InChI=1S/C16H25NOSi/c1-19(2,3)11-14-10-9-13-7-5-4-6-8-15(18)16(13,14)12-17/h11,13H,4-10H2,1-3H3/b14-11+/t13-,16+/m0/s1. The minimum absolute atomic E-state index is 0.210. The third kappa shape index (κ3) is 2.69. The molecule has 0 bridgehead atoms. The Morgan fingerprint density at radius 3 is 2.58 bits per heavy atom. The van der Waals surface area contributed by atoms with Crippen LogP contribution < -0.4 is 0 Å². The number of fused-ring (bicyclic) bond motifs is 1. The molecule has 0 radical (unpaired) electrons. The molecule has 2 fully saturated rings. The average Bonchev–Trinajstić information content (AvgIpc) is 2.62. The highest BCUT2D eigenvalue weighted by molar-refractivity contribution is 6.81. The lowest BCUT2D eigenvalue weighted by atomic mass is 9.69. The zero-order valence-electron chi connectivity index (χ0n) is 12.5. The predicted octanol–water partition coefficient (Wildman–Crippen LogP) is 4.24. The van der Waals surface area contributed by atoms with Crippen LogP contribution in [-0.4, -0.2) is 13.9 Å². The quantitative estimate of drug-likeness (QED) is 0.671. The minimum Gasteiger partial charge on any atom is -0.298 e. The van der Waals surface area contributed by atoms with Gasteiger partial charge in [-0.2, -0.15) is 5.26 Å². The third-order valence-corrected chi connectivity index (χ3v) is 5.78. The van der Waals surface area contributed by atoms with Crippen molar-refractivity contribution in [2.75, 3.05) is 0 Å². The van der Waals surface area contributed by atoms with Gasteiger partial charge in [-0.15, -0.1) is 0 Å². The summed E-state index contributed by atoms with van der Waals surface area (Å²) < 4.78 is 0. The number of allylic oxidation sites excluding steroid dienone is 1. The fraction of sp³-hybridized carbons (Fsp3) is 0.750. The van der Waals surface area contributed by atoms with E-state index in [2.05, 4.69) is 31.4 Å². The van der Waals surface area contributed by atoms with Crippen molar-refractivity contribution < 1.29 is 4.79 Å². The van der Waals surface area contributed by atoms with Crippen molar-refractivity contribution >= 4 is 13.9 Å². The van der Waals surface area contributed by atoms with Gasteiger partial charge in [0.1, 0.15) is 5.41 Å². The van der Waals surface area contributed by atoms with Crippen molar-refractivity contribution in [3.63, 3.8) is 0 Å². The van der Waals surface area contributed by atoms with Gasteiger partial charge in [0.05, 0.1) is 14.1 Å². The maximum atomic E-state index is 12.6. The Bertz CT molecular complexity index is 441. The van der Waals surface area contributed by atoms with Gasteiger partial charge in [0, 0.05) is 6.42 Å². The summed E-state index contributed by atoms with van der Waals surface area (Å²) in [7, 11) is -1.39. The summed E-state index contributed by atoms with van der Waals surface area (Å²) in [6.07, 6.45) is 6.97. The number of nitriles is 1. The van der Waals surface area contributed by atoms with Crippen molar-refractivity contribution in [3.8, 4) is 6.07 Å². The van der Waals surface area contributed by atoms with Crippen LogP contribution in [0.2, 0.25) is 19.6 Å². The van der Waals surface area contributed by atoms with E-state index in [1.54, 1.807) is 0 Å². The topological polar surface area (TPSA) is 40.9 Å². The maximum Gasteiger partial charge on any atom is 0.157 e. The number of Topliss-reactive ketones (excluding diaryl/α,β-unsaturated/α-hetero) is 1. The third-order valence-electron chi connectivity index (χ3n) is 4.56. The van der Waals surface area contributed by atoms with Gasteiger partial charge in [0.25, 0.3) is 0 Å². The molecule has 2 atom stereocenters. The van der Waals surface area contributed by atoms with Crippen LogP contribution in [0.25, 0.3) is 0 Å². The fourth-order valence-electron chi connectivity index (χ4n) is 3.76. The first kappa shape index (κ1) is 14.5. The molecule has 0 aromatic heterocycles. The molecule has 2 aliphatic carbocycles. The van der Waals surface area contributed by atoms with Gasteiger partial charge in [0.15, 0.2) is 5.78 Å². The molecule has 0 aromatic rings. The van der Waals surface area contributed by atoms with E-state index in [9.17, 15) is 10.1 Å². The molecule has 19 heavy (non-hydrogen) atoms. The van der Waals surface area contributed by atoms with Crippen LogP contribution in [0.4, 0.5) is 0 Å². The SMILES string of the molecule is C[Si](C)(C)/C=C1\CC[C@@H]2CCCCCC(=O)[C@@]12C#N. The molecular formula is C16H25NOSi. The van der Waals surface area contributed by atoms with Crippen molar-refractivity contribution in [2.45, 2.75) is 64.6 Å². The van der Waals surface area contributed by atoms with Crippen LogP contribution >= 0.6 is 0 Å². The highest BCUT2D eigenvalue weighted by Gasteiger charge is 2.52. The van der Waals surface area contributed by atoms with Gasteiger partial charge in [-0.05, 0) is 31.6 Å². The Balaban J connectivity index is 2.46. The second-order valence-electron chi connectivity index (χ2n) is 7.21. The summed E-state index contributed by atoms with van der Waals surface area (Å²) in [5, 5.41) is 9.81. The molecule has 2 aliphatic rings.